The molecule has 0 heterocycles. The van der Waals surface area contributed by atoms with Gasteiger partial charge in [0.05, 0.1) is 5.67 Å². The Kier molecular flexibility index (Phi) is 16.7. The molecule has 256 valence electrons. The Labute approximate surface area is 273 Å². The summed E-state index contributed by atoms with van der Waals surface area (Å²) in [6.45, 7) is 50.1. The normalized spacial score (nSPS) is 15.0. The zero-order chi connectivity index (χ0) is 34.5. The summed E-state index contributed by atoms with van der Waals surface area (Å²) < 4.78 is 24.3. The van der Waals surface area contributed by atoms with Crippen molar-refractivity contribution >= 4 is 39.7 Å². The van der Waals surface area contributed by atoms with Gasteiger partial charge >= 0.3 is 8.80 Å². The van der Waals surface area contributed by atoms with Gasteiger partial charge in [-0.2, -0.15) is 0 Å². The molecule has 0 bridgehead atoms. The molecule has 1 unspecified atom stereocenters. The van der Waals surface area contributed by atoms with E-state index in [0.717, 1.165) is 0 Å². The first-order valence-corrected chi connectivity index (χ1v) is 25.7. The molecule has 0 aliphatic carbocycles. The Morgan fingerprint density at radius 2 is 0.744 bits per heavy atom. The Balaban J connectivity index is 8.52. The van der Waals surface area contributed by atoms with E-state index < -0.39 is 33.8 Å². The summed E-state index contributed by atoms with van der Waals surface area (Å²) in [4.78, 5) is 13.5. The lowest BCUT2D eigenvalue weighted by Crippen LogP contribution is -2.76. The summed E-state index contributed by atoms with van der Waals surface area (Å²) in [6, 6.07) is 0. The van der Waals surface area contributed by atoms with Gasteiger partial charge in [0.1, 0.15) is 0 Å². The van der Waals surface area contributed by atoms with Crippen molar-refractivity contribution in [2.24, 2.45) is 0 Å². The number of nitrogens with one attached hydrogen (secondary N) is 1. The van der Waals surface area contributed by atoms with E-state index in [9.17, 15) is 4.79 Å². The molecule has 9 heteroatoms. The fourth-order valence-electron chi connectivity index (χ4n) is 8.80. The first-order valence-electron chi connectivity index (χ1n) is 17.5. The average molecular weight is 674 g/mol. The number of hydrogen-bond donors (Lipinski definition) is 1. The molecule has 0 radical (unpaired) electrons. The van der Waals surface area contributed by atoms with E-state index in [1.807, 2.05) is 0 Å². The van der Waals surface area contributed by atoms with Crippen LogP contribution in [0.3, 0.4) is 0 Å². The third-order valence-corrected chi connectivity index (χ3v) is 35.9. The van der Waals surface area contributed by atoms with Crippen LogP contribution >= 0.6 is 0 Å². The van der Waals surface area contributed by atoms with Crippen LogP contribution in [-0.4, -0.2) is 45.3 Å². The Hall–Kier alpha value is -0.0425. The van der Waals surface area contributed by atoms with Gasteiger partial charge in [-0.15, -0.1) is 0 Å². The van der Waals surface area contributed by atoms with Crippen molar-refractivity contribution in [2.75, 3.05) is 0 Å². The standard InChI is InChI=1S/C34H75NO4Si4/c1-22-33(35-34(36)23(2)3)43(37-40(24(4)5,25(6)7)26(8)9,38-41(27(10)11,28(12)13)29(14)15)39-42(30(16)17,31(18)19)32(20)21/h24-33H,2,22H2,1,3-21H3,(H,35,36). The lowest BCUT2D eigenvalue weighted by Gasteiger charge is -2.58. The topological polar surface area (TPSA) is 56.8 Å². The quantitative estimate of drug-likeness (QED) is 0.109. The largest absolute Gasteiger partial charge is 0.493 e. The van der Waals surface area contributed by atoms with E-state index in [1.54, 1.807) is 6.92 Å². The number of hydrogen-bond acceptors (Lipinski definition) is 4. The Morgan fingerprint density at radius 1 is 0.535 bits per heavy atom. The molecule has 0 aliphatic rings. The molecule has 0 aromatic carbocycles. The fourth-order valence-corrected chi connectivity index (χ4v) is 39.3. The highest BCUT2D eigenvalue weighted by Gasteiger charge is 2.66. The zero-order valence-electron chi connectivity index (χ0n) is 32.3. The maximum absolute atomic E-state index is 13.5. The van der Waals surface area contributed by atoms with Crippen LogP contribution in [0.1, 0.15) is 145 Å². The zero-order valence-corrected chi connectivity index (χ0v) is 36.3. The highest BCUT2D eigenvalue weighted by atomic mass is 28.5. The number of carbonyl (C=O) groups excluding carboxylic acids is 1. The van der Waals surface area contributed by atoms with E-state index in [0.29, 0.717) is 61.9 Å². The number of amides is 1. The Bertz CT molecular complexity index is 735. The van der Waals surface area contributed by atoms with Gasteiger partial charge in [0.15, 0.2) is 25.0 Å². The maximum atomic E-state index is 13.5. The minimum Gasteiger partial charge on any atom is -0.414 e. The molecule has 0 saturated carbocycles. The van der Waals surface area contributed by atoms with Crippen LogP contribution in [0.2, 0.25) is 49.9 Å². The minimum atomic E-state index is -3.69. The van der Waals surface area contributed by atoms with Crippen molar-refractivity contribution in [3.8, 4) is 0 Å². The van der Waals surface area contributed by atoms with E-state index in [1.165, 1.54) is 0 Å². The fraction of sp³-hybridized carbons (Fsp3) is 0.912. The van der Waals surface area contributed by atoms with Crippen LogP contribution in [0.4, 0.5) is 0 Å². The van der Waals surface area contributed by atoms with Crippen molar-refractivity contribution in [1.29, 1.82) is 0 Å². The molecule has 1 amide bonds. The van der Waals surface area contributed by atoms with E-state index in [-0.39, 0.29) is 11.6 Å². The second kappa shape index (κ2) is 16.7. The SMILES string of the molecule is C=C(C)C(=O)NC(CC)[Si](O[Si](C(C)C)(C(C)C)C(C)C)(O[Si](C(C)C)(C(C)C)C(C)C)O[Si](C(C)C)(C(C)C)C(C)C. The summed E-state index contributed by atoms with van der Waals surface area (Å²) in [6.07, 6.45) is 0.682. The molecule has 1 N–H and O–H groups in total. The molecule has 5 nitrogen and oxygen atoms in total. The lowest BCUT2D eigenvalue weighted by atomic mass is 10.3. The van der Waals surface area contributed by atoms with Gasteiger partial charge in [0.25, 0.3) is 0 Å². The highest BCUT2D eigenvalue weighted by Crippen LogP contribution is 2.52. The molecule has 0 spiro atoms. The van der Waals surface area contributed by atoms with Gasteiger partial charge in [0.2, 0.25) is 5.91 Å². The van der Waals surface area contributed by atoms with E-state index in [4.69, 9.17) is 12.3 Å². The summed E-state index contributed by atoms with van der Waals surface area (Å²) in [5.41, 5.74) is 3.29. The second-order valence-corrected chi connectivity index (χ2v) is 35.9. The third-order valence-electron chi connectivity index (χ3n) is 10.6. The van der Waals surface area contributed by atoms with Crippen LogP contribution < -0.4 is 5.32 Å². The molecular formula is C34H75NO4Si4. The first kappa shape index (κ1) is 43.0. The van der Waals surface area contributed by atoms with Crippen molar-refractivity contribution in [2.45, 2.75) is 200 Å². The van der Waals surface area contributed by atoms with Crippen LogP contribution in [0.5, 0.6) is 0 Å². The molecular weight excluding hydrogens is 599 g/mol. The Morgan fingerprint density at radius 3 is 0.884 bits per heavy atom. The molecule has 0 saturated heterocycles. The number of carbonyl (C=O) groups is 1. The summed E-state index contributed by atoms with van der Waals surface area (Å²) >= 11 is 0. The van der Waals surface area contributed by atoms with Gasteiger partial charge in [0, 0.05) is 5.57 Å². The molecule has 0 aliphatic heterocycles. The lowest BCUT2D eigenvalue weighted by molar-refractivity contribution is -0.118. The monoisotopic (exact) mass is 673 g/mol. The van der Waals surface area contributed by atoms with Crippen LogP contribution in [0, 0.1) is 0 Å². The smallest absolute Gasteiger partial charge is 0.414 e. The first-order chi connectivity index (χ1) is 19.4. The van der Waals surface area contributed by atoms with E-state index >= 15 is 0 Å². The van der Waals surface area contributed by atoms with Crippen molar-refractivity contribution in [3.05, 3.63) is 12.2 Å². The van der Waals surface area contributed by atoms with Crippen molar-refractivity contribution < 1.29 is 17.1 Å². The summed E-state index contributed by atoms with van der Waals surface area (Å²) in [5.74, 6) is -0.137. The molecule has 0 fully saturated rings. The minimum absolute atomic E-state index is 0.137. The molecule has 0 aromatic heterocycles. The molecule has 0 aromatic rings. The average Bonchev–Trinajstić information content (AvgIpc) is 2.84. The second-order valence-electron chi connectivity index (χ2n) is 16.1. The van der Waals surface area contributed by atoms with Gasteiger partial charge in [-0.3, -0.25) is 4.79 Å². The van der Waals surface area contributed by atoms with Gasteiger partial charge < -0.3 is 17.7 Å². The predicted molar refractivity (Wildman–Crippen MR) is 199 cm³/mol. The van der Waals surface area contributed by atoms with Gasteiger partial charge in [-0.25, -0.2) is 0 Å². The van der Waals surface area contributed by atoms with Crippen LogP contribution in [0.15, 0.2) is 12.2 Å². The van der Waals surface area contributed by atoms with Gasteiger partial charge in [-0.05, 0) is 63.2 Å². The van der Waals surface area contributed by atoms with E-state index in [2.05, 4.69) is 143 Å². The maximum Gasteiger partial charge on any atom is 0.493 e. The van der Waals surface area contributed by atoms with Crippen molar-refractivity contribution in [3.63, 3.8) is 0 Å². The van der Waals surface area contributed by atoms with Gasteiger partial charge in [-0.1, -0.05) is 138 Å². The highest BCUT2D eigenvalue weighted by molar-refractivity contribution is 6.95. The molecule has 0 rings (SSSR count). The molecule has 43 heavy (non-hydrogen) atoms. The predicted octanol–water partition coefficient (Wildman–Crippen LogP) is 11.5. The summed E-state index contributed by atoms with van der Waals surface area (Å²) in [5, 5.41) is 3.44. The molecule has 1 atom stereocenters. The van der Waals surface area contributed by atoms with Crippen molar-refractivity contribution in [1.82, 2.24) is 5.32 Å². The number of rotatable bonds is 19. The van der Waals surface area contributed by atoms with Crippen LogP contribution in [0.25, 0.3) is 0 Å². The van der Waals surface area contributed by atoms with Crippen LogP contribution in [-0.2, 0) is 17.1 Å². The third kappa shape index (κ3) is 8.66. The summed E-state index contributed by atoms with van der Waals surface area (Å²) in [7, 11) is -11.3.